The zero-order valence-electron chi connectivity index (χ0n) is 10.6. The van der Waals surface area contributed by atoms with E-state index in [4.69, 9.17) is 0 Å². The van der Waals surface area contributed by atoms with Gasteiger partial charge < -0.3 is 10.6 Å². The zero-order chi connectivity index (χ0) is 14.2. The number of nitrogens with zero attached hydrogens (tertiary/aromatic N) is 2. The number of carbonyl (C=O) groups excluding carboxylic acids is 1. The number of hydrogen-bond acceptors (Lipinski definition) is 4. The Labute approximate surface area is 125 Å². The van der Waals surface area contributed by atoms with E-state index in [2.05, 4.69) is 42.1 Å². The van der Waals surface area contributed by atoms with Crippen LogP contribution in [0.25, 0.3) is 0 Å². The molecule has 0 aliphatic carbocycles. The molecule has 1 aromatic carbocycles. The second-order valence-corrected chi connectivity index (χ2v) is 4.84. The Morgan fingerprint density at radius 2 is 2.10 bits per heavy atom. The van der Waals surface area contributed by atoms with E-state index in [1.807, 2.05) is 24.3 Å². The van der Waals surface area contributed by atoms with Gasteiger partial charge in [-0.25, -0.2) is 4.79 Å². The lowest BCUT2D eigenvalue weighted by Crippen LogP contribution is -2.32. The molecule has 0 aliphatic heterocycles. The summed E-state index contributed by atoms with van der Waals surface area (Å²) in [5, 5.41) is 16.0. The molecule has 104 valence electrons. The van der Waals surface area contributed by atoms with Gasteiger partial charge in [0.05, 0.1) is 0 Å². The quantitative estimate of drug-likeness (QED) is 0.733. The van der Waals surface area contributed by atoms with Crippen molar-refractivity contribution in [1.29, 1.82) is 0 Å². The van der Waals surface area contributed by atoms with E-state index in [-0.39, 0.29) is 6.03 Å². The van der Waals surface area contributed by atoms with Crippen molar-refractivity contribution in [2.45, 2.75) is 0 Å². The van der Waals surface area contributed by atoms with E-state index in [9.17, 15) is 4.79 Å². The molecule has 0 fully saturated rings. The summed E-state index contributed by atoms with van der Waals surface area (Å²) in [4.78, 5) is 11.6. The van der Waals surface area contributed by atoms with Gasteiger partial charge in [0.1, 0.15) is 0 Å². The van der Waals surface area contributed by atoms with Crippen LogP contribution in [0.2, 0.25) is 0 Å². The van der Waals surface area contributed by atoms with Crippen molar-refractivity contribution in [3.05, 3.63) is 47.1 Å². The van der Waals surface area contributed by atoms with Crippen molar-refractivity contribution >= 4 is 33.5 Å². The molecule has 1 heterocycles. The van der Waals surface area contributed by atoms with Gasteiger partial charge in [0.2, 0.25) is 0 Å². The van der Waals surface area contributed by atoms with Crippen LogP contribution < -0.4 is 16.0 Å². The fourth-order valence-electron chi connectivity index (χ4n) is 1.51. The highest BCUT2D eigenvalue weighted by Crippen LogP contribution is 2.14. The van der Waals surface area contributed by atoms with E-state index < -0.39 is 0 Å². The van der Waals surface area contributed by atoms with Crippen LogP contribution in [-0.2, 0) is 0 Å². The van der Waals surface area contributed by atoms with Gasteiger partial charge in [0, 0.05) is 29.4 Å². The van der Waals surface area contributed by atoms with E-state index in [0.717, 1.165) is 10.2 Å². The molecule has 0 spiro atoms. The Hall–Kier alpha value is -2.15. The first kappa shape index (κ1) is 14.3. The number of benzene rings is 1. The Bertz CT molecular complexity index is 564. The maximum absolute atomic E-state index is 11.6. The Kier molecular flexibility index (Phi) is 5.31. The molecule has 3 N–H and O–H groups in total. The lowest BCUT2D eigenvalue weighted by atomic mass is 10.3. The number of aromatic nitrogens is 2. The Morgan fingerprint density at radius 1 is 1.20 bits per heavy atom. The van der Waals surface area contributed by atoms with Crippen LogP contribution in [0.3, 0.4) is 0 Å². The molecule has 2 aromatic rings. The van der Waals surface area contributed by atoms with E-state index in [1.54, 1.807) is 18.3 Å². The topological polar surface area (TPSA) is 78.9 Å². The van der Waals surface area contributed by atoms with Crippen LogP contribution in [0.15, 0.2) is 47.1 Å². The number of urea groups is 1. The molecule has 20 heavy (non-hydrogen) atoms. The predicted molar refractivity (Wildman–Crippen MR) is 81.7 cm³/mol. The van der Waals surface area contributed by atoms with Crippen LogP contribution in [0.5, 0.6) is 0 Å². The Balaban J connectivity index is 1.67. The average molecular weight is 336 g/mol. The van der Waals surface area contributed by atoms with Gasteiger partial charge >= 0.3 is 6.03 Å². The van der Waals surface area contributed by atoms with Crippen molar-refractivity contribution in [2.24, 2.45) is 0 Å². The molecule has 0 atom stereocenters. The van der Waals surface area contributed by atoms with Crippen LogP contribution >= 0.6 is 15.9 Å². The second-order valence-electron chi connectivity index (χ2n) is 3.93. The number of nitrogens with one attached hydrogen (secondary N) is 3. The third-order valence-corrected chi connectivity index (χ3v) is 2.87. The van der Waals surface area contributed by atoms with Crippen LogP contribution in [0.4, 0.5) is 16.3 Å². The molecule has 6 nitrogen and oxygen atoms in total. The normalized spacial score (nSPS) is 9.85. The summed E-state index contributed by atoms with van der Waals surface area (Å²) in [6.07, 6.45) is 1.55. The van der Waals surface area contributed by atoms with Crippen molar-refractivity contribution in [3.63, 3.8) is 0 Å². The Morgan fingerprint density at radius 3 is 2.85 bits per heavy atom. The number of amides is 2. The highest BCUT2D eigenvalue weighted by molar-refractivity contribution is 9.10. The third kappa shape index (κ3) is 4.85. The molecule has 2 rings (SSSR count). The van der Waals surface area contributed by atoms with Crippen molar-refractivity contribution in [3.8, 4) is 0 Å². The van der Waals surface area contributed by atoms with Gasteiger partial charge in [-0.3, -0.25) is 5.32 Å². The standard InChI is InChI=1S/C13H14BrN5O/c14-10-3-1-4-11(9-10)15-7-8-16-13(20)18-12-5-2-6-17-19-12/h1-6,9,15H,7-8H2,(H2,16,18,19,20). The van der Waals surface area contributed by atoms with Gasteiger partial charge in [0.25, 0.3) is 0 Å². The highest BCUT2D eigenvalue weighted by Gasteiger charge is 2.01. The minimum atomic E-state index is -0.304. The molecular weight excluding hydrogens is 322 g/mol. The van der Waals surface area contributed by atoms with Crippen molar-refractivity contribution in [2.75, 3.05) is 23.7 Å². The minimum Gasteiger partial charge on any atom is -0.383 e. The number of hydrogen-bond donors (Lipinski definition) is 3. The maximum Gasteiger partial charge on any atom is 0.320 e. The first-order valence-corrected chi connectivity index (χ1v) is 6.85. The first-order valence-electron chi connectivity index (χ1n) is 6.06. The second kappa shape index (κ2) is 7.44. The predicted octanol–water partition coefficient (Wildman–Crippen LogP) is 2.47. The molecule has 0 aliphatic rings. The summed E-state index contributed by atoms with van der Waals surface area (Å²) in [7, 11) is 0. The number of carbonyl (C=O) groups is 1. The molecule has 0 unspecified atom stereocenters. The third-order valence-electron chi connectivity index (χ3n) is 2.38. The van der Waals surface area contributed by atoms with Crippen molar-refractivity contribution in [1.82, 2.24) is 15.5 Å². The van der Waals surface area contributed by atoms with Gasteiger partial charge in [-0.1, -0.05) is 22.0 Å². The molecule has 0 radical (unpaired) electrons. The molecule has 0 saturated heterocycles. The summed E-state index contributed by atoms with van der Waals surface area (Å²) in [6, 6.07) is 10.9. The van der Waals surface area contributed by atoms with Gasteiger partial charge in [-0.2, -0.15) is 5.10 Å². The largest absolute Gasteiger partial charge is 0.383 e. The lowest BCUT2D eigenvalue weighted by Gasteiger charge is -2.08. The maximum atomic E-state index is 11.6. The first-order chi connectivity index (χ1) is 9.74. The van der Waals surface area contributed by atoms with Crippen LogP contribution in [-0.4, -0.2) is 29.3 Å². The zero-order valence-corrected chi connectivity index (χ0v) is 12.2. The van der Waals surface area contributed by atoms with E-state index in [1.165, 1.54) is 0 Å². The molecule has 0 saturated carbocycles. The minimum absolute atomic E-state index is 0.304. The molecule has 1 aromatic heterocycles. The van der Waals surface area contributed by atoms with Gasteiger partial charge in [-0.05, 0) is 30.3 Å². The van der Waals surface area contributed by atoms with Gasteiger partial charge in [0.15, 0.2) is 5.82 Å². The van der Waals surface area contributed by atoms with Crippen LogP contribution in [0, 0.1) is 0 Å². The smallest absolute Gasteiger partial charge is 0.320 e. The lowest BCUT2D eigenvalue weighted by molar-refractivity contribution is 0.252. The average Bonchev–Trinajstić information content (AvgIpc) is 2.45. The summed E-state index contributed by atoms with van der Waals surface area (Å²) in [5.74, 6) is 0.421. The molecular formula is C13H14BrN5O. The fraction of sp³-hybridized carbons (Fsp3) is 0.154. The monoisotopic (exact) mass is 335 g/mol. The van der Waals surface area contributed by atoms with Crippen LogP contribution in [0.1, 0.15) is 0 Å². The van der Waals surface area contributed by atoms with Crippen molar-refractivity contribution < 1.29 is 4.79 Å². The van der Waals surface area contributed by atoms with E-state index >= 15 is 0 Å². The summed E-state index contributed by atoms with van der Waals surface area (Å²) < 4.78 is 1.01. The summed E-state index contributed by atoms with van der Waals surface area (Å²) in [5.41, 5.74) is 0.996. The SMILES string of the molecule is O=C(NCCNc1cccc(Br)c1)Nc1cccnn1. The molecule has 7 heteroatoms. The molecule has 0 bridgehead atoms. The van der Waals surface area contributed by atoms with Gasteiger partial charge in [-0.15, -0.1) is 5.10 Å². The fourth-order valence-corrected chi connectivity index (χ4v) is 1.91. The number of rotatable bonds is 5. The number of anilines is 2. The molecule has 2 amide bonds. The summed E-state index contributed by atoms with van der Waals surface area (Å²) >= 11 is 3.40. The highest BCUT2D eigenvalue weighted by atomic mass is 79.9. The van der Waals surface area contributed by atoms with E-state index in [0.29, 0.717) is 18.9 Å². The summed E-state index contributed by atoms with van der Waals surface area (Å²) in [6.45, 7) is 1.13. The number of halogens is 1.